The van der Waals surface area contributed by atoms with Gasteiger partial charge in [0.2, 0.25) is 0 Å². The van der Waals surface area contributed by atoms with Gasteiger partial charge >= 0.3 is 0 Å². The topological polar surface area (TPSA) is 42.7 Å². The van der Waals surface area contributed by atoms with Gasteiger partial charge in [0.05, 0.1) is 6.54 Å². The van der Waals surface area contributed by atoms with E-state index in [1.165, 1.54) is 5.56 Å². The van der Waals surface area contributed by atoms with Crippen molar-refractivity contribution in [2.45, 2.75) is 32.7 Å². The average Bonchev–Trinajstić information content (AvgIpc) is 2.76. The molecule has 1 heterocycles. The van der Waals surface area contributed by atoms with Crippen LogP contribution in [-0.2, 0) is 13.6 Å². The number of nitrogens with one attached hydrogen (secondary N) is 1. The molecule has 1 aromatic carbocycles. The summed E-state index contributed by atoms with van der Waals surface area (Å²) in [4.78, 5) is 0. The van der Waals surface area contributed by atoms with E-state index in [4.69, 9.17) is 0 Å². The predicted octanol–water partition coefficient (Wildman–Crippen LogP) is 2.41. The first-order valence-corrected chi connectivity index (χ1v) is 6.79. The van der Waals surface area contributed by atoms with E-state index in [0.717, 1.165) is 31.2 Å². The number of hydrogen-bond acceptors (Lipinski definition) is 3. The molecule has 0 saturated heterocycles. The number of aryl methyl sites for hydroxylation is 1. The third kappa shape index (κ3) is 3.64. The molecule has 4 nitrogen and oxygen atoms in total. The van der Waals surface area contributed by atoms with Gasteiger partial charge in [0, 0.05) is 7.05 Å². The quantitative estimate of drug-likeness (QED) is 0.809. The van der Waals surface area contributed by atoms with Gasteiger partial charge in [-0.1, -0.05) is 37.3 Å². The number of aromatic nitrogens is 3. The van der Waals surface area contributed by atoms with Crippen LogP contribution in [0.5, 0.6) is 0 Å². The van der Waals surface area contributed by atoms with Crippen molar-refractivity contribution < 1.29 is 0 Å². The highest BCUT2D eigenvalue weighted by Crippen LogP contribution is 2.17. The molecule has 19 heavy (non-hydrogen) atoms. The van der Waals surface area contributed by atoms with Gasteiger partial charge in [0.1, 0.15) is 11.6 Å². The summed E-state index contributed by atoms with van der Waals surface area (Å²) in [7, 11) is 2.00. The second-order valence-corrected chi connectivity index (χ2v) is 5.00. The molecule has 0 amide bonds. The summed E-state index contributed by atoms with van der Waals surface area (Å²) in [5, 5.41) is 11.6. The lowest BCUT2D eigenvalue weighted by molar-refractivity contribution is 0.573. The second-order valence-electron chi connectivity index (χ2n) is 5.00. The Hall–Kier alpha value is -1.68. The van der Waals surface area contributed by atoms with Gasteiger partial charge in [0.25, 0.3) is 0 Å². The smallest absolute Gasteiger partial charge is 0.146 e. The van der Waals surface area contributed by atoms with Gasteiger partial charge in [-0.15, -0.1) is 10.2 Å². The van der Waals surface area contributed by atoms with Crippen LogP contribution in [0.15, 0.2) is 30.3 Å². The summed E-state index contributed by atoms with van der Waals surface area (Å²) in [6.45, 7) is 6.00. The lowest BCUT2D eigenvalue weighted by Gasteiger charge is -2.12. The van der Waals surface area contributed by atoms with E-state index in [9.17, 15) is 0 Å². The number of rotatable bonds is 6. The fourth-order valence-corrected chi connectivity index (χ4v) is 2.07. The molecule has 0 bridgehead atoms. The maximum Gasteiger partial charge on any atom is 0.146 e. The molecule has 0 spiro atoms. The van der Waals surface area contributed by atoms with Crippen LogP contribution in [0.1, 0.15) is 36.5 Å². The van der Waals surface area contributed by atoms with Crippen LogP contribution in [-0.4, -0.2) is 21.3 Å². The van der Waals surface area contributed by atoms with Crippen molar-refractivity contribution in [2.75, 3.05) is 6.54 Å². The number of benzene rings is 1. The molecule has 1 unspecified atom stereocenters. The zero-order valence-electron chi connectivity index (χ0n) is 11.9. The van der Waals surface area contributed by atoms with Crippen molar-refractivity contribution in [3.8, 4) is 0 Å². The third-order valence-electron chi connectivity index (χ3n) is 3.59. The molecule has 4 heteroatoms. The molecule has 0 fully saturated rings. The Bertz CT molecular complexity index is 504. The molecule has 0 saturated carbocycles. The molecule has 2 aromatic rings. The van der Waals surface area contributed by atoms with Crippen LogP contribution in [0.25, 0.3) is 0 Å². The summed E-state index contributed by atoms with van der Waals surface area (Å²) >= 11 is 0. The Morgan fingerprint density at radius 3 is 2.58 bits per heavy atom. The third-order valence-corrected chi connectivity index (χ3v) is 3.59. The maximum atomic E-state index is 4.14. The van der Waals surface area contributed by atoms with Crippen LogP contribution in [0, 0.1) is 6.92 Å². The van der Waals surface area contributed by atoms with Crippen molar-refractivity contribution in [2.24, 2.45) is 7.05 Å². The lowest BCUT2D eigenvalue weighted by Crippen LogP contribution is -2.19. The minimum atomic E-state index is 0.579. The fraction of sp³-hybridized carbons (Fsp3) is 0.467. The molecule has 0 aliphatic carbocycles. The summed E-state index contributed by atoms with van der Waals surface area (Å²) in [6, 6.07) is 10.6. The standard InChI is InChI=1S/C15H22N4/c1-12(14-7-5-4-6-8-14)9-10-16-11-15-18-17-13(2)19(15)3/h4-8,12,16H,9-11H2,1-3H3. The van der Waals surface area contributed by atoms with Crippen LogP contribution in [0.4, 0.5) is 0 Å². The Kier molecular flexibility index (Phi) is 4.68. The normalized spacial score (nSPS) is 12.6. The Labute approximate surface area is 114 Å². The van der Waals surface area contributed by atoms with E-state index in [1.807, 2.05) is 18.5 Å². The van der Waals surface area contributed by atoms with Gasteiger partial charge in [-0.05, 0) is 31.4 Å². The first kappa shape index (κ1) is 13.7. The van der Waals surface area contributed by atoms with Gasteiger partial charge in [-0.25, -0.2) is 0 Å². The first-order valence-electron chi connectivity index (χ1n) is 6.79. The molecule has 1 aromatic heterocycles. The minimum Gasteiger partial charge on any atom is -0.317 e. The second kappa shape index (κ2) is 6.48. The van der Waals surface area contributed by atoms with E-state index in [-0.39, 0.29) is 0 Å². The van der Waals surface area contributed by atoms with E-state index in [2.05, 4.69) is 52.8 Å². The zero-order chi connectivity index (χ0) is 13.7. The van der Waals surface area contributed by atoms with Gasteiger partial charge in [0.15, 0.2) is 0 Å². The number of hydrogen-bond donors (Lipinski definition) is 1. The van der Waals surface area contributed by atoms with Crippen molar-refractivity contribution in [3.05, 3.63) is 47.5 Å². The van der Waals surface area contributed by atoms with Crippen molar-refractivity contribution in [1.82, 2.24) is 20.1 Å². The lowest BCUT2D eigenvalue weighted by atomic mass is 9.98. The van der Waals surface area contributed by atoms with E-state index in [1.54, 1.807) is 0 Å². The summed E-state index contributed by atoms with van der Waals surface area (Å²) in [6.07, 6.45) is 1.13. The molecule has 0 radical (unpaired) electrons. The molecule has 1 atom stereocenters. The molecule has 102 valence electrons. The van der Waals surface area contributed by atoms with Crippen LogP contribution >= 0.6 is 0 Å². The Balaban J connectivity index is 1.74. The molecule has 1 N–H and O–H groups in total. The van der Waals surface area contributed by atoms with Crippen molar-refractivity contribution in [3.63, 3.8) is 0 Å². The first-order chi connectivity index (χ1) is 9.18. The summed E-state index contributed by atoms with van der Waals surface area (Å²) in [5.74, 6) is 2.52. The zero-order valence-corrected chi connectivity index (χ0v) is 11.9. The monoisotopic (exact) mass is 258 g/mol. The van der Waals surface area contributed by atoms with Gasteiger partial charge in [-0.2, -0.15) is 0 Å². The van der Waals surface area contributed by atoms with Crippen molar-refractivity contribution >= 4 is 0 Å². The van der Waals surface area contributed by atoms with E-state index in [0.29, 0.717) is 5.92 Å². The summed E-state index contributed by atoms with van der Waals surface area (Å²) < 4.78 is 2.02. The minimum absolute atomic E-state index is 0.579. The SMILES string of the molecule is Cc1nnc(CNCCC(C)c2ccccc2)n1C. The summed E-state index contributed by atoms with van der Waals surface area (Å²) in [5.41, 5.74) is 1.40. The molecular weight excluding hydrogens is 236 g/mol. The number of nitrogens with zero attached hydrogens (tertiary/aromatic N) is 3. The molecule has 0 aliphatic rings. The maximum absolute atomic E-state index is 4.14. The Morgan fingerprint density at radius 2 is 1.95 bits per heavy atom. The van der Waals surface area contributed by atoms with Crippen molar-refractivity contribution in [1.29, 1.82) is 0 Å². The van der Waals surface area contributed by atoms with E-state index >= 15 is 0 Å². The Morgan fingerprint density at radius 1 is 1.21 bits per heavy atom. The van der Waals surface area contributed by atoms with Gasteiger partial charge in [-0.3, -0.25) is 0 Å². The molecule has 2 rings (SSSR count). The van der Waals surface area contributed by atoms with Crippen LogP contribution < -0.4 is 5.32 Å². The predicted molar refractivity (Wildman–Crippen MR) is 76.9 cm³/mol. The fourth-order valence-electron chi connectivity index (χ4n) is 2.07. The average molecular weight is 258 g/mol. The highest BCUT2D eigenvalue weighted by Gasteiger charge is 2.06. The highest BCUT2D eigenvalue weighted by molar-refractivity contribution is 5.18. The van der Waals surface area contributed by atoms with E-state index < -0.39 is 0 Å². The largest absolute Gasteiger partial charge is 0.317 e. The highest BCUT2D eigenvalue weighted by atomic mass is 15.3. The van der Waals surface area contributed by atoms with Crippen LogP contribution in [0.3, 0.4) is 0 Å². The van der Waals surface area contributed by atoms with Gasteiger partial charge < -0.3 is 9.88 Å². The molecule has 0 aliphatic heterocycles. The van der Waals surface area contributed by atoms with Crippen LogP contribution in [0.2, 0.25) is 0 Å². The molecular formula is C15H22N4.